The SMILES string of the molecule is O=C(COc1ccc(Br)cc1F)NCc1ccc(S(=O)(=O)N2CCOCC2)s1. The summed E-state index contributed by atoms with van der Waals surface area (Å²) >= 11 is 4.25. The van der Waals surface area contributed by atoms with Gasteiger partial charge in [-0.1, -0.05) is 15.9 Å². The van der Waals surface area contributed by atoms with Gasteiger partial charge in [0, 0.05) is 22.4 Å². The molecular weight excluding hydrogens is 475 g/mol. The van der Waals surface area contributed by atoms with Crippen molar-refractivity contribution in [2.24, 2.45) is 0 Å². The number of ether oxygens (including phenoxy) is 2. The van der Waals surface area contributed by atoms with Crippen LogP contribution in [-0.4, -0.2) is 51.5 Å². The van der Waals surface area contributed by atoms with Crippen molar-refractivity contribution < 1.29 is 27.1 Å². The van der Waals surface area contributed by atoms with Crippen LogP contribution in [0.4, 0.5) is 4.39 Å². The van der Waals surface area contributed by atoms with Crippen LogP contribution in [-0.2, 0) is 26.1 Å². The maximum Gasteiger partial charge on any atom is 0.258 e. The van der Waals surface area contributed by atoms with Crippen LogP contribution in [0.15, 0.2) is 39.0 Å². The van der Waals surface area contributed by atoms with Gasteiger partial charge in [0.1, 0.15) is 4.21 Å². The molecule has 1 aliphatic rings. The van der Waals surface area contributed by atoms with Crippen molar-refractivity contribution in [3.63, 3.8) is 0 Å². The summed E-state index contributed by atoms with van der Waals surface area (Å²) < 4.78 is 51.4. The smallest absolute Gasteiger partial charge is 0.258 e. The number of nitrogens with zero attached hydrogens (tertiary/aromatic N) is 1. The number of benzene rings is 1. The van der Waals surface area contributed by atoms with Crippen molar-refractivity contribution in [2.75, 3.05) is 32.9 Å². The molecule has 3 rings (SSSR count). The van der Waals surface area contributed by atoms with Crippen LogP contribution in [0.5, 0.6) is 5.75 Å². The van der Waals surface area contributed by atoms with Gasteiger partial charge in [0.05, 0.1) is 19.8 Å². The summed E-state index contributed by atoms with van der Waals surface area (Å²) in [6, 6.07) is 7.47. The second-order valence-corrected chi connectivity index (χ2v) is 10.1. The molecule has 1 aliphatic heterocycles. The number of hydrogen-bond acceptors (Lipinski definition) is 6. The van der Waals surface area contributed by atoms with Gasteiger partial charge in [-0.05, 0) is 30.3 Å². The van der Waals surface area contributed by atoms with Gasteiger partial charge in [0.15, 0.2) is 18.2 Å². The van der Waals surface area contributed by atoms with Gasteiger partial charge in [-0.15, -0.1) is 11.3 Å². The van der Waals surface area contributed by atoms with E-state index in [1.165, 1.54) is 22.5 Å². The van der Waals surface area contributed by atoms with Gasteiger partial charge in [-0.2, -0.15) is 4.31 Å². The number of hydrogen-bond donors (Lipinski definition) is 1. The van der Waals surface area contributed by atoms with Gasteiger partial charge < -0.3 is 14.8 Å². The molecule has 2 heterocycles. The van der Waals surface area contributed by atoms with Gasteiger partial charge >= 0.3 is 0 Å². The quantitative estimate of drug-likeness (QED) is 0.641. The number of thiophene rings is 1. The van der Waals surface area contributed by atoms with Crippen molar-refractivity contribution in [1.82, 2.24) is 9.62 Å². The van der Waals surface area contributed by atoms with Crippen LogP contribution in [0, 0.1) is 5.82 Å². The lowest BCUT2D eigenvalue weighted by molar-refractivity contribution is -0.123. The zero-order valence-electron chi connectivity index (χ0n) is 14.7. The van der Waals surface area contributed by atoms with E-state index in [9.17, 15) is 17.6 Å². The fourth-order valence-corrected chi connectivity index (χ4v) is 5.67. The molecule has 1 saturated heterocycles. The van der Waals surface area contributed by atoms with Crippen molar-refractivity contribution in [3.05, 3.63) is 45.5 Å². The van der Waals surface area contributed by atoms with Crippen LogP contribution in [0.1, 0.15) is 4.88 Å². The molecule has 1 aromatic heterocycles. The second-order valence-electron chi connectivity index (χ2n) is 5.88. The minimum absolute atomic E-state index is 0.0200. The summed E-state index contributed by atoms with van der Waals surface area (Å²) in [6.07, 6.45) is 0. The van der Waals surface area contributed by atoms with Crippen LogP contribution in [0.3, 0.4) is 0 Å². The molecule has 1 aromatic carbocycles. The van der Waals surface area contributed by atoms with E-state index >= 15 is 0 Å². The van der Waals surface area contributed by atoms with Crippen LogP contribution >= 0.6 is 27.3 Å². The summed E-state index contributed by atoms with van der Waals surface area (Å²) in [6.45, 7) is 1.24. The third kappa shape index (κ3) is 5.29. The first-order chi connectivity index (χ1) is 13.4. The molecule has 28 heavy (non-hydrogen) atoms. The lowest BCUT2D eigenvalue weighted by Crippen LogP contribution is -2.40. The number of amides is 1. The standard InChI is InChI=1S/C17H18BrFN2O5S2/c18-12-1-3-15(14(19)9-12)26-11-16(22)20-10-13-2-4-17(27-13)28(23,24)21-5-7-25-8-6-21/h1-4,9H,5-8,10-11H2,(H,20,22). The summed E-state index contributed by atoms with van der Waals surface area (Å²) in [5.41, 5.74) is 0. The van der Waals surface area contributed by atoms with Crippen molar-refractivity contribution in [3.8, 4) is 5.75 Å². The maximum atomic E-state index is 13.7. The average Bonchev–Trinajstić information content (AvgIpc) is 3.16. The van der Waals surface area contributed by atoms with Gasteiger partial charge in [-0.25, -0.2) is 12.8 Å². The first-order valence-electron chi connectivity index (χ1n) is 8.37. The molecule has 1 amide bonds. The van der Waals surface area contributed by atoms with Crippen LogP contribution in [0.25, 0.3) is 0 Å². The van der Waals surface area contributed by atoms with Gasteiger partial charge in [-0.3, -0.25) is 4.79 Å². The number of carbonyl (C=O) groups is 1. The first kappa shape index (κ1) is 21.2. The van der Waals surface area contributed by atoms with Gasteiger partial charge in [0.2, 0.25) is 0 Å². The topological polar surface area (TPSA) is 84.9 Å². The zero-order valence-corrected chi connectivity index (χ0v) is 17.9. The summed E-state index contributed by atoms with van der Waals surface area (Å²) in [5, 5.41) is 2.63. The first-order valence-corrected chi connectivity index (χ1v) is 11.4. The normalized spacial score (nSPS) is 15.4. The van der Waals surface area contributed by atoms with Gasteiger partial charge in [0.25, 0.3) is 15.9 Å². The number of morpholine rings is 1. The summed E-state index contributed by atoms with van der Waals surface area (Å²) in [4.78, 5) is 12.6. The van der Waals surface area contributed by atoms with E-state index in [2.05, 4.69) is 21.2 Å². The van der Waals surface area contributed by atoms with E-state index in [1.807, 2.05) is 0 Å². The lowest BCUT2D eigenvalue weighted by Gasteiger charge is -2.25. The molecule has 0 unspecified atom stereocenters. The van der Waals surface area contributed by atoms with Crippen molar-refractivity contribution in [2.45, 2.75) is 10.8 Å². The van der Waals surface area contributed by atoms with E-state index < -0.39 is 21.7 Å². The highest BCUT2D eigenvalue weighted by Crippen LogP contribution is 2.25. The Morgan fingerprint density at radius 2 is 2.04 bits per heavy atom. The molecule has 1 fully saturated rings. The Bertz CT molecular complexity index is 945. The number of halogens is 2. The second kappa shape index (κ2) is 9.31. The molecule has 0 radical (unpaired) electrons. The molecule has 11 heteroatoms. The number of rotatable bonds is 7. The van der Waals surface area contributed by atoms with E-state index in [0.717, 1.165) is 11.3 Å². The Hall–Kier alpha value is -1.53. The van der Waals surface area contributed by atoms with Crippen molar-refractivity contribution >= 4 is 43.2 Å². The third-order valence-electron chi connectivity index (χ3n) is 3.91. The monoisotopic (exact) mass is 492 g/mol. The van der Waals surface area contributed by atoms with Crippen molar-refractivity contribution in [1.29, 1.82) is 0 Å². The Labute approximate surface area is 174 Å². The molecule has 152 valence electrons. The fraction of sp³-hybridized carbons (Fsp3) is 0.353. The van der Waals surface area contributed by atoms with E-state index in [1.54, 1.807) is 12.1 Å². The Morgan fingerprint density at radius 3 is 2.75 bits per heavy atom. The Morgan fingerprint density at radius 1 is 1.29 bits per heavy atom. The molecule has 0 bridgehead atoms. The molecular formula is C17H18BrFN2O5S2. The Kier molecular flexibility index (Phi) is 7.05. The largest absolute Gasteiger partial charge is 0.481 e. The fourth-order valence-electron chi connectivity index (χ4n) is 2.48. The zero-order chi connectivity index (χ0) is 20.1. The molecule has 0 saturated carbocycles. The van der Waals surface area contributed by atoms with E-state index in [0.29, 0.717) is 35.7 Å². The van der Waals surface area contributed by atoms with E-state index in [4.69, 9.17) is 9.47 Å². The average molecular weight is 493 g/mol. The van der Waals surface area contributed by atoms with E-state index in [-0.39, 0.29) is 23.1 Å². The molecule has 0 aliphatic carbocycles. The highest BCUT2D eigenvalue weighted by atomic mass is 79.9. The Balaban J connectivity index is 1.51. The summed E-state index contributed by atoms with van der Waals surface area (Å²) in [7, 11) is -3.55. The highest BCUT2D eigenvalue weighted by Gasteiger charge is 2.27. The maximum absolute atomic E-state index is 13.7. The predicted molar refractivity (Wildman–Crippen MR) is 105 cm³/mol. The molecule has 7 nitrogen and oxygen atoms in total. The third-order valence-corrected chi connectivity index (χ3v) is 7.86. The minimum Gasteiger partial charge on any atom is -0.481 e. The summed E-state index contributed by atoms with van der Waals surface area (Å²) in [5.74, 6) is -1.03. The highest BCUT2D eigenvalue weighted by molar-refractivity contribution is 9.10. The lowest BCUT2D eigenvalue weighted by atomic mass is 10.3. The van der Waals surface area contributed by atoms with Crippen LogP contribution < -0.4 is 10.1 Å². The minimum atomic E-state index is -3.55. The number of sulfonamides is 1. The number of carbonyl (C=O) groups excluding carboxylic acids is 1. The predicted octanol–water partition coefficient (Wildman–Crippen LogP) is 2.37. The molecule has 0 atom stereocenters. The molecule has 2 aromatic rings. The molecule has 1 N–H and O–H groups in total. The van der Waals surface area contributed by atoms with Crippen LogP contribution in [0.2, 0.25) is 0 Å². The number of nitrogens with one attached hydrogen (secondary N) is 1. The molecule has 0 spiro atoms.